The van der Waals surface area contributed by atoms with E-state index >= 15 is 0 Å². The van der Waals surface area contributed by atoms with Gasteiger partial charge in [0.25, 0.3) is 0 Å². The minimum absolute atomic E-state index is 0.0559. The Morgan fingerprint density at radius 1 is 1.40 bits per heavy atom. The lowest BCUT2D eigenvalue weighted by atomic mass is 10.3. The third-order valence-corrected chi connectivity index (χ3v) is 1.67. The molecule has 0 spiro atoms. The molecule has 1 rings (SSSR count). The Kier molecular flexibility index (Phi) is 4.07. The van der Waals surface area contributed by atoms with Crippen LogP contribution in [0.15, 0.2) is 4.52 Å². The summed E-state index contributed by atoms with van der Waals surface area (Å²) in [5.41, 5.74) is 0. The zero-order valence-electron chi connectivity index (χ0n) is 8.26. The summed E-state index contributed by atoms with van der Waals surface area (Å²) >= 11 is 0. The van der Waals surface area contributed by atoms with Crippen LogP contribution >= 0.6 is 0 Å². The summed E-state index contributed by atoms with van der Waals surface area (Å²) in [5, 5.41) is 6.39. The number of alkyl halides is 3. The van der Waals surface area contributed by atoms with E-state index in [1.165, 1.54) is 0 Å². The molecule has 86 valence electrons. The molecule has 15 heavy (non-hydrogen) atoms. The van der Waals surface area contributed by atoms with Gasteiger partial charge in [0.1, 0.15) is 0 Å². The van der Waals surface area contributed by atoms with E-state index in [0.717, 1.165) is 0 Å². The van der Waals surface area contributed by atoms with Gasteiger partial charge in [0.05, 0.1) is 6.54 Å². The summed E-state index contributed by atoms with van der Waals surface area (Å²) in [5.74, 6) is 0.904. The van der Waals surface area contributed by atoms with Crippen molar-refractivity contribution in [2.45, 2.75) is 32.5 Å². The molecule has 0 aromatic carbocycles. The van der Waals surface area contributed by atoms with Crippen molar-refractivity contribution in [1.82, 2.24) is 15.5 Å². The Labute approximate surface area is 84.9 Å². The number of nitrogens with one attached hydrogen (secondary N) is 1. The zero-order chi connectivity index (χ0) is 11.3. The van der Waals surface area contributed by atoms with E-state index in [-0.39, 0.29) is 13.0 Å². The van der Waals surface area contributed by atoms with Crippen molar-refractivity contribution in [2.75, 3.05) is 6.54 Å². The van der Waals surface area contributed by atoms with Crippen molar-refractivity contribution in [3.63, 3.8) is 0 Å². The molecule has 1 aromatic rings. The van der Waals surface area contributed by atoms with Crippen molar-refractivity contribution < 1.29 is 17.7 Å². The van der Waals surface area contributed by atoms with Crippen LogP contribution in [0, 0.1) is 6.92 Å². The van der Waals surface area contributed by atoms with Crippen LogP contribution in [0.5, 0.6) is 0 Å². The summed E-state index contributed by atoms with van der Waals surface area (Å²) in [6.45, 7) is 2.27. The number of aromatic nitrogens is 2. The van der Waals surface area contributed by atoms with Gasteiger partial charge in [-0.2, -0.15) is 18.2 Å². The Morgan fingerprint density at radius 2 is 2.13 bits per heavy atom. The van der Waals surface area contributed by atoms with Gasteiger partial charge in [-0.25, -0.2) is 0 Å². The van der Waals surface area contributed by atoms with Gasteiger partial charge in [-0.15, -0.1) is 0 Å². The summed E-state index contributed by atoms with van der Waals surface area (Å²) < 4.78 is 39.9. The number of aryl methyl sites for hydroxylation is 1. The smallest absolute Gasteiger partial charge is 0.340 e. The highest BCUT2D eigenvalue weighted by molar-refractivity contribution is 4.82. The van der Waals surface area contributed by atoms with Crippen molar-refractivity contribution in [3.8, 4) is 0 Å². The Balaban J connectivity index is 2.07. The van der Waals surface area contributed by atoms with Crippen LogP contribution < -0.4 is 5.32 Å². The average molecular weight is 223 g/mol. The summed E-state index contributed by atoms with van der Waals surface area (Å²) in [7, 11) is 0. The van der Waals surface area contributed by atoms with Gasteiger partial charge >= 0.3 is 6.18 Å². The Morgan fingerprint density at radius 3 is 2.67 bits per heavy atom. The van der Waals surface area contributed by atoms with Crippen LogP contribution in [0.4, 0.5) is 13.2 Å². The molecule has 1 aromatic heterocycles. The van der Waals surface area contributed by atoms with E-state index in [4.69, 9.17) is 4.52 Å². The van der Waals surface area contributed by atoms with E-state index in [0.29, 0.717) is 18.3 Å². The van der Waals surface area contributed by atoms with Gasteiger partial charge in [-0.05, 0) is 13.0 Å². The Bertz CT molecular complexity index is 298. The Hall–Kier alpha value is -1.11. The minimum Gasteiger partial charge on any atom is -0.340 e. The highest BCUT2D eigenvalue weighted by atomic mass is 19.4. The largest absolute Gasteiger partial charge is 0.389 e. The van der Waals surface area contributed by atoms with Crippen molar-refractivity contribution in [2.24, 2.45) is 0 Å². The quantitative estimate of drug-likeness (QED) is 0.773. The lowest BCUT2D eigenvalue weighted by Gasteiger charge is -2.05. The van der Waals surface area contributed by atoms with Crippen LogP contribution in [-0.2, 0) is 6.54 Å². The first kappa shape index (κ1) is 12.0. The van der Waals surface area contributed by atoms with Crippen LogP contribution in [0.2, 0.25) is 0 Å². The second-order valence-electron chi connectivity index (χ2n) is 3.13. The van der Waals surface area contributed by atoms with E-state index in [2.05, 4.69) is 15.5 Å². The molecule has 0 amide bonds. The predicted molar refractivity (Wildman–Crippen MR) is 46.0 cm³/mol. The van der Waals surface area contributed by atoms with Gasteiger partial charge in [-0.3, -0.25) is 0 Å². The molecule has 0 aliphatic rings. The summed E-state index contributed by atoms with van der Waals surface area (Å²) in [4.78, 5) is 3.89. The summed E-state index contributed by atoms with van der Waals surface area (Å²) in [6, 6.07) is 0. The minimum atomic E-state index is -4.08. The average Bonchev–Trinajstić information content (AvgIpc) is 2.49. The molecular weight excluding hydrogens is 211 g/mol. The molecule has 0 bridgehead atoms. The molecule has 0 fully saturated rings. The third-order valence-electron chi connectivity index (χ3n) is 1.67. The standard InChI is InChI=1S/C8H12F3N3O/c1-6-13-7(14-15-6)5-12-4-2-3-8(9,10)11/h12H,2-5H2,1H3. The lowest BCUT2D eigenvalue weighted by Crippen LogP contribution is -2.18. The molecule has 7 heteroatoms. The monoisotopic (exact) mass is 223 g/mol. The maximum absolute atomic E-state index is 11.7. The molecular formula is C8H12F3N3O. The SMILES string of the molecule is Cc1nc(CNCCCC(F)(F)F)no1. The first-order valence-electron chi connectivity index (χ1n) is 4.54. The van der Waals surface area contributed by atoms with E-state index in [9.17, 15) is 13.2 Å². The molecule has 0 radical (unpaired) electrons. The maximum atomic E-state index is 11.7. The normalized spacial score (nSPS) is 12.0. The molecule has 1 heterocycles. The highest BCUT2D eigenvalue weighted by Crippen LogP contribution is 2.20. The van der Waals surface area contributed by atoms with Crippen molar-refractivity contribution in [1.29, 1.82) is 0 Å². The van der Waals surface area contributed by atoms with E-state index in [1.807, 2.05) is 0 Å². The molecule has 0 saturated carbocycles. The van der Waals surface area contributed by atoms with Gasteiger partial charge < -0.3 is 9.84 Å². The molecule has 0 aliphatic heterocycles. The number of hydrogen-bond donors (Lipinski definition) is 1. The van der Waals surface area contributed by atoms with Crippen molar-refractivity contribution in [3.05, 3.63) is 11.7 Å². The topological polar surface area (TPSA) is 51.0 Å². The predicted octanol–water partition coefficient (Wildman–Crippen LogP) is 1.81. The third kappa shape index (κ3) is 5.36. The second-order valence-corrected chi connectivity index (χ2v) is 3.13. The molecule has 1 N–H and O–H groups in total. The number of nitrogens with zero attached hydrogens (tertiary/aromatic N) is 2. The van der Waals surface area contributed by atoms with Gasteiger partial charge in [0.2, 0.25) is 5.89 Å². The first-order valence-corrected chi connectivity index (χ1v) is 4.54. The van der Waals surface area contributed by atoms with Gasteiger partial charge in [-0.1, -0.05) is 5.16 Å². The molecule has 0 atom stereocenters. The second kappa shape index (κ2) is 5.11. The molecule has 0 unspecified atom stereocenters. The first-order chi connectivity index (χ1) is 6.97. The fourth-order valence-corrected chi connectivity index (χ4v) is 1.03. The number of rotatable bonds is 5. The summed E-state index contributed by atoms with van der Waals surface area (Å²) in [6.07, 6.45) is -4.80. The van der Waals surface area contributed by atoms with Crippen LogP contribution in [0.3, 0.4) is 0 Å². The fourth-order valence-electron chi connectivity index (χ4n) is 1.03. The number of halogens is 3. The van der Waals surface area contributed by atoms with Crippen LogP contribution in [0.25, 0.3) is 0 Å². The van der Waals surface area contributed by atoms with E-state index in [1.54, 1.807) is 6.92 Å². The van der Waals surface area contributed by atoms with Gasteiger partial charge in [0, 0.05) is 13.3 Å². The highest BCUT2D eigenvalue weighted by Gasteiger charge is 2.25. The van der Waals surface area contributed by atoms with E-state index < -0.39 is 12.6 Å². The van der Waals surface area contributed by atoms with Crippen LogP contribution in [0.1, 0.15) is 24.6 Å². The lowest BCUT2D eigenvalue weighted by molar-refractivity contribution is -0.135. The number of hydrogen-bond acceptors (Lipinski definition) is 4. The van der Waals surface area contributed by atoms with Gasteiger partial charge in [0.15, 0.2) is 5.82 Å². The zero-order valence-corrected chi connectivity index (χ0v) is 8.26. The molecule has 4 nitrogen and oxygen atoms in total. The maximum Gasteiger partial charge on any atom is 0.389 e. The molecule has 0 aliphatic carbocycles. The van der Waals surface area contributed by atoms with Crippen LogP contribution in [-0.4, -0.2) is 22.9 Å². The van der Waals surface area contributed by atoms with Crippen molar-refractivity contribution >= 4 is 0 Å². The molecule has 0 saturated heterocycles. The fraction of sp³-hybridized carbons (Fsp3) is 0.750.